The van der Waals surface area contributed by atoms with Gasteiger partial charge in [0.1, 0.15) is 0 Å². The number of rotatable bonds is 5. The Labute approximate surface area is 129 Å². The highest BCUT2D eigenvalue weighted by Gasteiger charge is 2.23. The monoisotopic (exact) mass is 309 g/mol. The first-order valence-electron chi connectivity index (χ1n) is 7.28. The fourth-order valence-corrected chi connectivity index (χ4v) is 2.87. The Balaban J connectivity index is 1.86. The van der Waals surface area contributed by atoms with Crippen LogP contribution < -0.4 is 0 Å². The molecule has 1 amide bonds. The Morgan fingerprint density at radius 2 is 2.00 bits per heavy atom. The lowest BCUT2D eigenvalue weighted by Crippen LogP contribution is -2.40. The molecule has 0 aromatic heterocycles. The highest BCUT2D eigenvalue weighted by atomic mass is 35.5. The maximum atomic E-state index is 12.3. The molecule has 21 heavy (non-hydrogen) atoms. The topological polar surface area (TPSA) is 57.6 Å². The molecule has 1 unspecified atom stereocenters. The molecule has 1 atom stereocenters. The highest BCUT2D eigenvalue weighted by molar-refractivity contribution is 6.30. The van der Waals surface area contributed by atoms with Gasteiger partial charge in [-0.1, -0.05) is 23.7 Å². The van der Waals surface area contributed by atoms with E-state index in [0.717, 1.165) is 24.9 Å². The lowest BCUT2D eigenvalue weighted by atomic mass is 9.93. The molecule has 2 rings (SSSR count). The minimum absolute atomic E-state index is 0.109. The van der Waals surface area contributed by atoms with Crippen LogP contribution in [0, 0.1) is 5.92 Å². The molecule has 0 bridgehead atoms. The molecule has 1 aromatic rings. The van der Waals surface area contributed by atoms with Crippen molar-refractivity contribution in [3.63, 3.8) is 0 Å². The fraction of sp³-hybridized carbons (Fsp3) is 0.500. The van der Waals surface area contributed by atoms with E-state index < -0.39 is 5.97 Å². The van der Waals surface area contributed by atoms with Gasteiger partial charge in [0, 0.05) is 24.5 Å². The minimum atomic E-state index is -0.764. The normalized spacial score (nSPS) is 18.5. The quantitative estimate of drug-likeness (QED) is 0.909. The van der Waals surface area contributed by atoms with E-state index in [1.807, 2.05) is 17.0 Å². The largest absolute Gasteiger partial charge is 0.481 e. The van der Waals surface area contributed by atoms with Crippen molar-refractivity contribution in [2.45, 2.75) is 32.1 Å². The fourth-order valence-electron chi connectivity index (χ4n) is 2.74. The summed E-state index contributed by atoms with van der Waals surface area (Å²) in [6, 6.07) is 7.31. The third-order valence-corrected chi connectivity index (χ3v) is 4.16. The average Bonchev–Trinajstić information content (AvgIpc) is 2.48. The summed E-state index contributed by atoms with van der Waals surface area (Å²) in [6.45, 7) is 1.45. The van der Waals surface area contributed by atoms with Gasteiger partial charge in [0.2, 0.25) is 5.91 Å². The molecule has 0 aliphatic carbocycles. The molecule has 1 aromatic carbocycles. The number of hydrogen-bond donors (Lipinski definition) is 1. The van der Waals surface area contributed by atoms with Crippen LogP contribution in [-0.4, -0.2) is 35.0 Å². The van der Waals surface area contributed by atoms with E-state index in [4.69, 9.17) is 16.7 Å². The van der Waals surface area contributed by atoms with Gasteiger partial charge in [0.05, 0.1) is 6.42 Å². The Morgan fingerprint density at radius 3 is 2.67 bits per heavy atom. The Morgan fingerprint density at radius 1 is 1.29 bits per heavy atom. The highest BCUT2D eigenvalue weighted by Crippen LogP contribution is 2.22. The Bertz CT molecular complexity index is 501. The smallest absolute Gasteiger partial charge is 0.303 e. The number of carboxylic acids is 1. The number of nitrogens with zero attached hydrogens (tertiary/aromatic N) is 1. The first-order chi connectivity index (χ1) is 10.0. The van der Waals surface area contributed by atoms with Crippen molar-refractivity contribution in [1.82, 2.24) is 4.90 Å². The summed E-state index contributed by atoms with van der Waals surface area (Å²) in [5, 5.41) is 9.41. The number of carbonyl (C=O) groups is 2. The lowest BCUT2D eigenvalue weighted by Gasteiger charge is -2.32. The summed E-state index contributed by atoms with van der Waals surface area (Å²) in [4.78, 5) is 24.8. The number of aliphatic carboxylic acids is 1. The van der Waals surface area contributed by atoms with Gasteiger partial charge >= 0.3 is 5.97 Å². The summed E-state index contributed by atoms with van der Waals surface area (Å²) < 4.78 is 0. The van der Waals surface area contributed by atoms with E-state index in [0.29, 0.717) is 30.3 Å². The van der Waals surface area contributed by atoms with Gasteiger partial charge in [-0.3, -0.25) is 9.59 Å². The summed E-state index contributed by atoms with van der Waals surface area (Å²) >= 11 is 5.83. The molecule has 4 nitrogen and oxygen atoms in total. The van der Waals surface area contributed by atoms with Crippen LogP contribution in [0.4, 0.5) is 0 Å². The number of likely N-dealkylation sites (tertiary alicyclic amines) is 1. The number of amides is 1. The molecular weight excluding hydrogens is 290 g/mol. The van der Waals surface area contributed by atoms with Gasteiger partial charge < -0.3 is 10.0 Å². The summed E-state index contributed by atoms with van der Waals surface area (Å²) in [5.74, 6) is -0.346. The molecule has 1 fully saturated rings. The average molecular weight is 310 g/mol. The van der Waals surface area contributed by atoms with Crippen molar-refractivity contribution in [2.75, 3.05) is 13.1 Å². The maximum Gasteiger partial charge on any atom is 0.303 e. The maximum absolute atomic E-state index is 12.3. The van der Waals surface area contributed by atoms with Crippen molar-refractivity contribution < 1.29 is 14.7 Å². The molecule has 1 aliphatic rings. The minimum Gasteiger partial charge on any atom is -0.481 e. The van der Waals surface area contributed by atoms with Crippen LogP contribution >= 0.6 is 11.6 Å². The number of halogens is 1. The summed E-state index contributed by atoms with van der Waals surface area (Å²) in [7, 11) is 0. The van der Waals surface area contributed by atoms with Crippen LogP contribution in [0.2, 0.25) is 5.02 Å². The zero-order valence-corrected chi connectivity index (χ0v) is 12.7. The van der Waals surface area contributed by atoms with Gasteiger partial charge in [-0.2, -0.15) is 0 Å². The number of benzene rings is 1. The van der Waals surface area contributed by atoms with Gasteiger partial charge in [-0.25, -0.2) is 0 Å². The molecule has 0 radical (unpaired) electrons. The van der Waals surface area contributed by atoms with Crippen molar-refractivity contribution in [1.29, 1.82) is 0 Å². The van der Waals surface area contributed by atoms with Gasteiger partial charge in [-0.05, 0) is 42.9 Å². The van der Waals surface area contributed by atoms with E-state index in [9.17, 15) is 9.59 Å². The van der Waals surface area contributed by atoms with Crippen molar-refractivity contribution in [3.8, 4) is 0 Å². The summed E-state index contributed by atoms with van der Waals surface area (Å²) in [5.41, 5.74) is 0.956. The van der Waals surface area contributed by atoms with Crippen molar-refractivity contribution in [3.05, 3.63) is 34.9 Å². The van der Waals surface area contributed by atoms with Gasteiger partial charge in [0.25, 0.3) is 0 Å². The summed E-state index contributed by atoms with van der Waals surface area (Å²) in [6.07, 6.45) is 3.18. The molecule has 1 heterocycles. The van der Waals surface area contributed by atoms with Crippen LogP contribution in [0.5, 0.6) is 0 Å². The lowest BCUT2D eigenvalue weighted by molar-refractivity contribution is -0.137. The van der Waals surface area contributed by atoms with Gasteiger partial charge in [-0.15, -0.1) is 0 Å². The van der Waals surface area contributed by atoms with Gasteiger partial charge in [0.15, 0.2) is 0 Å². The molecule has 5 heteroatoms. The third-order valence-electron chi connectivity index (χ3n) is 3.91. The van der Waals surface area contributed by atoms with E-state index >= 15 is 0 Å². The van der Waals surface area contributed by atoms with Crippen LogP contribution in [0.15, 0.2) is 24.3 Å². The first kappa shape index (κ1) is 15.8. The Hall–Kier alpha value is -1.55. The third kappa shape index (κ3) is 5.05. The second-order valence-corrected chi connectivity index (χ2v) is 6.02. The number of piperidine rings is 1. The van der Waals surface area contributed by atoms with E-state index in [1.165, 1.54) is 0 Å². The predicted octanol–water partition coefficient (Wildman–Crippen LogP) is 2.99. The number of hydrogen-bond acceptors (Lipinski definition) is 2. The Kier molecular flexibility index (Phi) is 5.62. The molecule has 1 saturated heterocycles. The van der Waals surface area contributed by atoms with E-state index in [-0.39, 0.29) is 12.3 Å². The van der Waals surface area contributed by atoms with Crippen LogP contribution in [0.1, 0.15) is 31.2 Å². The van der Waals surface area contributed by atoms with E-state index in [2.05, 4.69) is 0 Å². The second-order valence-electron chi connectivity index (χ2n) is 5.58. The molecule has 0 spiro atoms. The number of carbonyl (C=O) groups excluding carboxylic acids is 1. The zero-order chi connectivity index (χ0) is 15.2. The molecule has 1 N–H and O–H groups in total. The first-order valence-corrected chi connectivity index (χ1v) is 7.66. The SMILES string of the molecule is O=C(O)CCC1CCCN(C(=O)Cc2ccc(Cl)cc2)C1. The van der Waals surface area contributed by atoms with Crippen LogP contribution in [0.25, 0.3) is 0 Å². The second kappa shape index (κ2) is 7.46. The molecular formula is C16H20ClNO3. The van der Waals surface area contributed by atoms with Crippen molar-refractivity contribution in [2.24, 2.45) is 5.92 Å². The molecule has 114 valence electrons. The number of carboxylic acid groups (broad SMARTS) is 1. The van der Waals surface area contributed by atoms with E-state index in [1.54, 1.807) is 12.1 Å². The van der Waals surface area contributed by atoms with Crippen molar-refractivity contribution >= 4 is 23.5 Å². The predicted molar refractivity (Wildman–Crippen MR) is 81.3 cm³/mol. The van der Waals surface area contributed by atoms with Crippen LogP contribution in [-0.2, 0) is 16.0 Å². The molecule has 1 aliphatic heterocycles. The molecule has 0 saturated carbocycles. The zero-order valence-electron chi connectivity index (χ0n) is 11.9. The standard InChI is InChI=1S/C16H20ClNO3/c17-14-6-3-12(4-7-14)10-15(19)18-9-1-2-13(11-18)5-8-16(20)21/h3-4,6-7,13H,1-2,5,8-11H2,(H,20,21). The van der Waals surface area contributed by atoms with Crippen LogP contribution in [0.3, 0.4) is 0 Å².